The summed E-state index contributed by atoms with van der Waals surface area (Å²) in [6, 6.07) is 2.66. The molecule has 80 valence electrons. The van der Waals surface area contributed by atoms with Crippen molar-refractivity contribution in [3.63, 3.8) is 0 Å². The normalized spacial score (nSPS) is 11.8. The number of hydrogen-bond acceptors (Lipinski definition) is 3. The van der Waals surface area contributed by atoms with Gasteiger partial charge in [0, 0.05) is 18.0 Å². The second kappa shape index (κ2) is 6.03. The van der Waals surface area contributed by atoms with Gasteiger partial charge in [0.1, 0.15) is 0 Å². The van der Waals surface area contributed by atoms with Gasteiger partial charge in [-0.3, -0.25) is 9.78 Å². The van der Waals surface area contributed by atoms with E-state index in [0.29, 0.717) is 0 Å². The number of aromatic nitrogens is 1. The van der Waals surface area contributed by atoms with Crippen LogP contribution in [0.25, 0.3) is 0 Å². The molecule has 0 fully saturated rings. The van der Waals surface area contributed by atoms with Crippen LogP contribution in [0.4, 0.5) is 13.2 Å². The fourth-order valence-corrected chi connectivity index (χ4v) is 0.793. The summed E-state index contributed by atoms with van der Waals surface area (Å²) in [5.74, 6) is -3.18. The zero-order chi connectivity index (χ0) is 11.5. The molecule has 16 heavy (non-hydrogen) atoms. The molecule has 0 spiro atoms. The summed E-state index contributed by atoms with van der Waals surface area (Å²) in [6.45, 7) is 0. The van der Waals surface area contributed by atoms with Gasteiger partial charge in [-0.05, 0) is 24.0 Å². The zero-order valence-corrected chi connectivity index (χ0v) is 10.3. The van der Waals surface area contributed by atoms with E-state index < -0.39 is 17.7 Å². The molecule has 1 aromatic rings. The van der Waals surface area contributed by atoms with Crippen LogP contribution in [-0.4, -0.2) is 16.9 Å². The summed E-state index contributed by atoms with van der Waals surface area (Å²) in [7, 11) is 0. The molecule has 0 aliphatic carbocycles. The summed E-state index contributed by atoms with van der Waals surface area (Å²) < 4.78 is 35.3. The van der Waals surface area contributed by atoms with Crippen LogP contribution in [0.1, 0.15) is 10.4 Å². The molecule has 0 N–H and O–H groups in total. The van der Waals surface area contributed by atoms with Crippen LogP contribution in [0.2, 0.25) is 0 Å². The number of carbonyl (C=O) groups is 1. The van der Waals surface area contributed by atoms with E-state index in [-0.39, 0.29) is 41.2 Å². The third kappa shape index (κ3) is 4.34. The van der Waals surface area contributed by atoms with Crippen LogP contribution in [0, 0.1) is 0 Å². The van der Waals surface area contributed by atoms with Crippen molar-refractivity contribution >= 4 is 5.78 Å². The van der Waals surface area contributed by atoms with Gasteiger partial charge < -0.3 is 5.11 Å². The van der Waals surface area contributed by atoms with Crippen LogP contribution in [0.5, 0.6) is 0 Å². The molecule has 0 aliphatic heterocycles. The van der Waals surface area contributed by atoms with Crippen molar-refractivity contribution in [1.29, 1.82) is 0 Å². The first-order chi connectivity index (χ1) is 6.91. The Bertz CT molecular complexity index is 389. The molecule has 0 radical (unpaired) electrons. The Hall–Kier alpha value is -0.850. The summed E-state index contributed by atoms with van der Waals surface area (Å²) in [6.07, 6.45) is -2.56. The quantitative estimate of drug-likeness (QED) is 0.261. The van der Waals surface area contributed by atoms with E-state index in [2.05, 4.69) is 4.98 Å². The Balaban J connectivity index is 0.00000225. The van der Waals surface area contributed by atoms with E-state index in [4.69, 9.17) is 0 Å². The Kier molecular flexibility index (Phi) is 5.71. The van der Waals surface area contributed by atoms with Gasteiger partial charge in [0.25, 0.3) is 0 Å². The molecule has 0 unspecified atom stereocenters. The van der Waals surface area contributed by atoms with Crippen LogP contribution in [0.15, 0.2) is 36.4 Å². The fraction of sp³-hybridized carbons (Fsp3) is 0.111. The van der Waals surface area contributed by atoms with E-state index in [1.807, 2.05) is 0 Å². The number of hydrogen-bond donors (Lipinski definition) is 0. The average molecular weight is 239 g/mol. The van der Waals surface area contributed by atoms with Crippen molar-refractivity contribution in [3.8, 4) is 0 Å². The van der Waals surface area contributed by atoms with E-state index in [9.17, 15) is 23.1 Å². The molecule has 0 amide bonds. The molecule has 3 nitrogen and oxygen atoms in total. The molecule has 0 atom stereocenters. The molecule has 0 aromatic carbocycles. The van der Waals surface area contributed by atoms with Gasteiger partial charge in [-0.15, -0.1) is 0 Å². The molecule has 1 rings (SSSR count). The van der Waals surface area contributed by atoms with Gasteiger partial charge >= 0.3 is 35.7 Å². The first-order valence-electron chi connectivity index (χ1n) is 3.81. The number of pyridine rings is 1. The molecule has 0 bridgehead atoms. The first-order valence-corrected chi connectivity index (χ1v) is 3.81. The van der Waals surface area contributed by atoms with Crippen LogP contribution in [0.3, 0.4) is 0 Å². The molecular weight excluding hydrogens is 234 g/mol. The van der Waals surface area contributed by atoms with Crippen molar-refractivity contribution in [2.24, 2.45) is 0 Å². The minimum Gasteiger partial charge on any atom is -0.869 e. The Morgan fingerprint density at radius 3 is 2.50 bits per heavy atom. The molecule has 1 aromatic heterocycles. The third-order valence-electron chi connectivity index (χ3n) is 1.49. The molecule has 1 heterocycles. The van der Waals surface area contributed by atoms with Crippen molar-refractivity contribution in [3.05, 3.63) is 41.9 Å². The van der Waals surface area contributed by atoms with Crippen LogP contribution < -0.4 is 34.7 Å². The number of ketones is 1. The summed E-state index contributed by atoms with van der Waals surface area (Å²) in [5, 5.41) is 10.4. The fourth-order valence-electron chi connectivity index (χ4n) is 0.793. The molecule has 0 saturated carbocycles. The summed E-state index contributed by atoms with van der Waals surface area (Å²) in [5.41, 5.74) is -0.0601. The predicted octanol–water partition coefficient (Wildman–Crippen LogP) is -1.93. The topological polar surface area (TPSA) is 53.0 Å². The Morgan fingerprint density at radius 1 is 1.44 bits per heavy atom. The van der Waals surface area contributed by atoms with Crippen molar-refractivity contribution in [2.45, 2.75) is 6.18 Å². The Labute approximate surface area is 111 Å². The number of alkyl halides is 3. The molecular formula is C9H5F3NNaO2. The second-order valence-corrected chi connectivity index (χ2v) is 2.61. The van der Waals surface area contributed by atoms with Gasteiger partial charge in [0.05, 0.1) is 0 Å². The molecule has 0 aliphatic rings. The largest absolute Gasteiger partial charge is 1.00 e. The van der Waals surface area contributed by atoms with Crippen molar-refractivity contribution in [2.75, 3.05) is 0 Å². The average Bonchev–Trinajstić information content (AvgIpc) is 2.17. The maximum absolute atomic E-state index is 11.8. The number of rotatable bonds is 2. The van der Waals surface area contributed by atoms with Crippen LogP contribution >= 0.6 is 0 Å². The van der Waals surface area contributed by atoms with Crippen molar-refractivity contribution < 1.29 is 52.6 Å². The van der Waals surface area contributed by atoms with E-state index in [0.717, 1.165) is 6.20 Å². The first kappa shape index (κ1) is 15.2. The SMILES string of the molecule is O=C(C=C([O-])C(F)(F)F)c1cccnc1.[Na+]. The summed E-state index contributed by atoms with van der Waals surface area (Å²) >= 11 is 0. The third-order valence-corrected chi connectivity index (χ3v) is 1.49. The predicted molar refractivity (Wildman–Crippen MR) is 42.7 cm³/mol. The molecule has 7 heteroatoms. The van der Waals surface area contributed by atoms with Gasteiger partial charge in [-0.1, -0.05) is 0 Å². The number of nitrogens with zero attached hydrogens (tertiary/aromatic N) is 1. The maximum Gasteiger partial charge on any atom is 1.00 e. The Morgan fingerprint density at radius 2 is 2.06 bits per heavy atom. The standard InChI is InChI=1S/C9H6F3NO2.Na/c10-9(11,12)8(15)4-7(14)6-2-1-3-13-5-6;/h1-5,15H;/q;+1/p-1. The minimum absolute atomic E-state index is 0. The smallest absolute Gasteiger partial charge is 0.869 e. The van der Waals surface area contributed by atoms with E-state index in [1.54, 1.807) is 0 Å². The van der Waals surface area contributed by atoms with E-state index >= 15 is 0 Å². The van der Waals surface area contributed by atoms with Gasteiger partial charge in [-0.25, -0.2) is 0 Å². The number of allylic oxidation sites excluding steroid dienone is 2. The maximum atomic E-state index is 11.8. The van der Waals surface area contributed by atoms with Crippen molar-refractivity contribution in [1.82, 2.24) is 4.98 Å². The second-order valence-electron chi connectivity index (χ2n) is 2.61. The van der Waals surface area contributed by atoms with Gasteiger partial charge in [-0.2, -0.15) is 13.2 Å². The van der Waals surface area contributed by atoms with E-state index in [1.165, 1.54) is 18.3 Å². The number of halogens is 3. The number of carbonyl (C=O) groups excluding carboxylic acids is 1. The van der Waals surface area contributed by atoms with Gasteiger partial charge in [0.15, 0.2) is 5.78 Å². The minimum atomic E-state index is -5.02. The molecule has 0 saturated heterocycles. The van der Waals surface area contributed by atoms with Crippen LogP contribution in [-0.2, 0) is 0 Å². The summed E-state index contributed by atoms with van der Waals surface area (Å²) in [4.78, 5) is 14.6. The van der Waals surface area contributed by atoms with Gasteiger partial charge in [0.2, 0.25) is 0 Å². The monoisotopic (exact) mass is 239 g/mol. The zero-order valence-electron chi connectivity index (χ0n) is 8.28.